The van der Waals surface area contributed by atoms with E-state index in [1.165, 1.54) is 0 Å². The van der Waals surface area contributed by atoms with E-state index in [1.54, 1.807) is 6.07 Å². The number of thiocarbonyl (C=S) groups is 1. The maximum Gasteiger partial charge on any atom is 0.262 e. The van der Waals surface area contributed by atoms with Gasteiger partial charge >= 0.3 is 0 Å². The molecule has 0 unspecified atom stereocenters. The topological polar surface area (TPSA) is 60.8 Å². The summed E-state index contributed by atoms with van der Waals surface area (Å²) >= 11 is 5.09. The SMILES string of the molecule is C[C@@]1(CCF)OC(=S)Nc2ccc(-c3ccc(C#N)[nH]3)cc21. The Hall–Kier alpha value is -2.39. The Kier molecular flexibility index (Phi) is 3.59. The van der Waals surface area contributed by atoms with Gasteiger partial charge in [-0.25, -0.2) is 0 Å². The lowest BCUT2D eigenvalue weighted by Crippen LogP contribution is -2.37. The fraction of sp³-hybridized carbons (Fsp3) is 0.250. The van der Waals surface area contributed by atoms with Gasteiger partial charge in [0.2, 0.25) is 0 Å². The van der Waals surface area contributed by atoms with Crippen molar-refractivity contribution in [2.75, 3.05) is 12.0 Å². The van der Waals surface area contributed by atoms with Gasteiger partial charge < -0.3 is 15.0 Å². The Balaban J connectivity index is 2.08. The number of halogens is 1. The Labute approximate surface area is 132 Å². The van der Waals surface area contributed by atoms with Crippen LogP contribution in [0.5, 0.6) is 0 Å². The lowest BCUT2D eigenvalue weighted by molar-refractivity contribution is 0.0561. The fourth-order valence-electron chi connectivity index (χ4n) is 2.65. The molecule has 2 heterocycles. The average molecular weight is 315 g/mol. The molecule has 0 aliphatic carbocycles. The van der Waals surface area contributed by atoms with E-state index < -0.39 is 12.3 Å². The zero-order valence-electron chi connectivity index (χ0n) is 11.9. The van der Waals surface area contributed by atoms with Crippen LogP contribution in [0.15, 0.2) is 30.3 Å². The number of hydrogen-bond acceptors (Lipinski definition) is 3. The minimum absolute atomic E-state index is 0.222. The number of hydrogen-bond donors (Lipinski definition) is 2. The van der Waals surface area contributed by atoms with E-state index >= 15 is 0 Å². The number of ether oxygens (including phenoxy) is 1. The van der Waals surface area contributed by atoms with E-state index in [-0.39, 0.29) is 11.6 Å². The van der Waals surface area contributed by atoms with Crippen LogP contribution in [0.2, 0.25) is 0 Å². The Morgan fingerprint density at radius 1 is 1.36 bits per heavy atom. The second kappa shape index (κ2) is 5.43. The number of anilines is 1. The van der Waals surface area contributed by atoms with Crippen LogP contribution < -0.4 is 5.32 Å². The van der Waals surface area contributed by atoms with E-state index in [9.17, 15) is 4.39 Å². The quantitative estimate of drug-likeness (QED) is 0.845. The molecule has 1 atom stereocenters. The third-order valence-electron chi connectivity index (χ3n) is 3.83. The number of nitrogens with one attached hydrogen (secondary N) is 2. The predicted molar refractivity (Wildman–Crippen MR) is 86.2 cm³/mol. The van der Waals surface area contributed by atoms with Gasteiger partial charge in [-0.3, -0.25) is 4.39 Å². The number of nitrogens with zero attached hydrogens (tertiary/aromatic N) is 1. The van der Waals surface area contributed by atoms with E-state index in [0.717, 1.165) is 22.5 Å². The van der Waals surface area contributed by atoms with Crippen LogP contribution in [0.1, 0.15) is 24.6 Å². The first-order chi connectivity index (χ1) is 10.6. The molecule has 0 fully saturated rings. The number of rotatable bonds is 3. The van der Waals surface area contributed by atoms with Crippen molar-refractivity contribution in [2.24, 2.45) is 0 Å². The van der Waals surface area contributed by atoms with Gasteiger partial charge in [-0.15, -0.1) is 0 Å². The van der Waals surface area contributed by atoms with Crippen molar-refractivity contribution >= 4 is 23.1 Å². The highest BCUT2D eigenvalue weighted by molar-refractivity contribution is 7.80. The zero-order chi connectivity index (χ0) is 15.7. The van der Waals surface area contributed by atoms with E-state index in [0.29, 0.717) is 5.69 Å². The third-order valence-corrected chi connectivity index (χ3v) is 4.02. The molecule has 2 N–H and O–H groups in total. The summed E-state index contributed by atoms with van der Waals surface area (Å²) < 4.78 is 18.6. The van der Waals surface area contributed by atoms with Crippen LogP contribution in [0.3, 0.4) is 0 Å². The zero-order valence-corrected chi connectivity index (χ0v) is 12.8. The van der Waals surface area contributed by atoms with Crippen molar-refractivity contribution in [3.05, 3.63) is 41.6 Å². The summed E-state index contributed by atoms with van der Waals surface area (Å²) in [5.41, 5.74) is 3.10. The summed E-state index contributed by atoms with van der Waals surface area (Å²) in [5.74, 6) is 0. The highest BCUT2D eigenvalue weighted by atomic mass is 32.1. The van der Waals surface area contributed by atoms with Gasteiger partial charge in [0.05, 0.1) is 6.67 Å². The molecule has 2 aromatic rings. The van der Waals surface area contributed by atoms with Gasteiger partial charge in [0.25, 0.3) is 5.17 Å². The molecule has 1 aliphatic rings. The largest absolute Gasteiger partial charge is 0.459 e. The second-order valence-electron chi connectivity index (χ2n) is 5.34. The number of benzene rings is 1. The van der Waals surface area contributed by atoms with Gasteiger partial charge in [-0.1, -0.05) is 6.07 Å². The van der Waals surface area contributed by atoms with Crippen LogP contribution in [0.25, 0.3) is 11.3 Å². The summed E-state index contributed by atoms with van der Waals surface area (Å²) in [6, 6.07) is 11.4. The molecular formula is C16H14FN3OS. The smallest absolute Gasteiger partial charge is 0.262 e. The predicted octanol–water partition coefficient (Wildman–Crippen LogP) is 3.86. The molecule has 112 valence electrons. The highest BCUT2D eigenvalue weighted by Crippen LogP contribution is 2.40. The van der Waals surface area contributed by atoms with E-state index in [1.807, 2.05) is 31.2 Å². The summed E-state index contributed by atoms with van der Waals surface area (Å²) in [4.78, 5) is 3.03. The molecule has 0 radical (unpaired) electrons. The van der Waals surface area contributed by atoms with Crippen molar-refractivity contribution in [3.8, 4) is 17.3 Å². The number of aromatic nitrogens is 1. The molecule has 1 aromatic heterocycles. The third kappa shape index (κ3) is 2.44. The normalized spacial score (nSPS) is 19.8. The number of aromatic amines is 1. The molecule has 0 spiro atoms. The number of fused-ring (bicyclic) bond motifs is 1. The van der Waals surface area contributed by atoms with Crippen molar-refractivity contribution in [1.82, 2.24) is 4.98 Å². The van der Waals surface area contributed by atoms with Crippen LogP contribution in [0.4, 0.5) is 10.1 Å². The van der Waals surface area contributed by atoms with Gasteiger partial charge in [-0.2, -0.15) is 5.26 Å². The molecule has 0 saturated heterocycles. The Bertz CT molecular complexity index is 780. The van der Waals surface area contributed by atoms with E-state index in [4.69, 9.17) is 22.2 Å². The first-order valence-corrected chi connectivity index (χ1v) is 7.26. The molecule has 0 amide bonds. The number of nitriles is 1. The van der Waals surface area contributed by atoms with Crippen molar-refractivity contribution in [2.45, 2.75) is 18.9 Å². The fourth-order valence-corrected chi connectivity index (χ4v) is 2.94. The van der Waals surface area contributed by atoms with Gasteiger partial charge in [0.15, 0.2) is 0 Å². The van der Waals surface area contributed by atoms with Crippen LogP contribution in [-0.4, -0.2) is 16.8 Å². The minimum atomic E-state index is -0.799. The maximum atomic E-state index is 12.9. The first-order valence-electron chi connectivity index (χ1n) is 6.86. The summed E-state index contributed by atoms with van der Waals surface area (Å²) in [7, 11) is 0. The lowest BCUT2D eigenvalue weighted by atomic mass is 9.88. The number of H-pyrrole nitrogens is 1. The molecule has 4 nitrogen and oxygen atoms in total. The van der Waals surface area contributed by atoms with Crippen molar-refractivity contribution in [3.63, 3.8) is 0 Å². The molecular weight excluding hydrogens is 301 g/mol. The summed E-state index contributed by atoms with van der Waals surface area (Å²) in [6.07, 6.45) is 0.222. The van der Waals surface area contributed by atoms with Crippen LogP contribution in [-0.2, 0) is 10.3 Å². The maximum absolute atomic E-state index is 12.9. The summed E-state index contributed by atoms with van der Waals surface area (Å²) in [5, 5.41) is 12.2. The van der Waals surface area contributed by atoms with Gasteiger partial charge in [-0.05, 0) is 49.0 Å². The van der Waals surface area contributed by atoms with Crippen molar-refractivity contribution < 1.29 is 9.13 Å². The monoisotopic (exact) mass is 315 g/mol. The lowest BCUT2D eigenvalue weighted by Gasteiger charge is -2.37. The molecule has 1 aliphatic heterocycles. The first kappa shape index (κ1) is 14.5. The van der Waals surface area contributed by atoms with Gasteiger partial charge in [0.1, 0.15) is 17.4 Å². The molecule has 3 rings (SSSR count). The highest BCUT2D eigenvalue weighted by Gasteiger charge is 2.36. The Morgan fingerprint density at radius 2 is 2.18 bits per heavy atom. The van der Waals surface area contributed by atoms with Crippen LogP contribution in [0, 0.1) is 11.3 Å². The number of alkyl halides is 1. The Morgan fingerprint density at radius 3 is 2.86 bits per heavy atom. The van der Waals surface area contributed by atoms with E-state index in [2.05, 4.69) is 16.4 Å². The van der Waals surface area contributed by atoms with Gasteiger partial charge in [0, 0.05) is 23.4 Å². The summed E-state index contributed by atoms with van der Waals surface area (Å²) in [6.45, 7) is 1.33. The average Bonchev–Trinajstić information content (AvgIpc) is 2.96. The molecule has 22 heavy (non-hydrogen) atoms. The van der Waals surface area contributed by atoms with Crippen LogP contribution >= 0.6 is 12.2 Å². The molecule has 6 heteroatoms. The molecule has 0 bridgehead atoms. The second-order valence-corrected chi connectivity index (χ2v) is 5.71. The standard InChI is InChI=1S/C16H14FN3OS/c1-16(6-7-17)12-8-10(13-5-3-11(9-18)19-13)2-4-14(12)20-15(22)21-16/h2-5,8,19H,6-7H2,1H3,(H,20,22)/t16-/m0/s1. The minimum Gasteiger partial charge on any atom is -0.459 e. The molecule has 1 aromatic carbocycles. The molecule has 0 saturated carbocycles. The van der Waals surface area contributed by atoms with Crippen molar-refractivity contribution in [1.29, 1.82) is 5.26 Å².